The van der Waals surface area contributed by atoms with E-state index in [4.69, 9.17) is 16.3 Å². The van der Waals surface area contributed by atoms with E-state index in [1.165, 1.54) is 31.6 Å². The summed E-state index contributed by atoms with van der Waals surface area (Å²) in [7, 11) is 1.44. The second kappa shape index (κ2) is 9.62. The van der Waals surface area contributed by atoms with Gasteiger partial charge in [-0.25, -0.2) is 9.37 Å². The third-order valence-corrected chi connectivity index (χ3v) is 6.42. The zero-order chi connectivity index (χ0) is 25.4. The molecule has 0 spiro atoms. The number of halogens is 4. The van der Waals surface area contributed by atoms with Crippen LogP contribution in [0.25, 0.3) is 22.5 Å². The molecule has 8 nitrogen and oxygen atoms in total. The monoisotopic (exact) mass is 513 g/mol. The highest BCUT2D eigenvalue weighted by atomic mass is 35.5. The van der Waals surface area contributed by atoms with Gasteiger partial charge in [0.05, 0.1) is 47.3 Å². The number of pyridine rings is 1. The van der Waals surface area contributed by atoms with Crippen LogP contribution in [-0.4, -0.2) is 36.6 Å². The standard InChI is InChI=1S/C24H19ClF3N7O/c1-36-20-7-18(30-10-16(20)21-14(8-29)4-5-17(25)22(21)26)19(6-13-2-3-13)34-11-15(9-32-34)23-31-12-33-35(23)24(27)28/h4-5,7,9-13,19,24H,2-3,6H2,1H3/t19-/m0/s1. The molecule has 184 valence electrons. The van der Waals surface area contributed by atoms with Crippen molar-refractivity contribution < 1.29 is 17.9 Å². The molecule has 0 radical (unpaired) electrons. The van der Waals surface area contributed by atoms with Crippen LogP contribution in [-0.2, 0) is 0 Å². The van der Waals surface area contributed by atoms with E-state index in [9.17, 15) is 18.4 Å². The Morgan fingerprint density at radius 2 is 2.03 bits per heavy atom. The number of rotatable bonds is 8. The lowest BCUT2D eigenvalue weighted by Gasteiger charge is -2.19. The molecule has 0 amide bonds. The molecule has 1 saturated carbocycles. The van der Waals surface area contributed by atoms with E-state index in [1.807, 2.05) is 6.07 Å². The molecule has 12 heteroatoms. The number of nitriles is 1. The van der Waals surface area contributed by atoms with Crippen LogP contribution in [0.15, 0.2) is 43.1 Å². The number of benzene rings is 1. The first-order valence-electron chi connectivity index (χ1n) is 11.1. The van der Waals surface area contributed by atoms with Gasteiger partial charge in [0.15, 0.2) is 11.6 Å². The molecule has 36 heavy (non-hydrogen) atoms. The van der Waals surface area contributed by atoms with Crippen LogP contribution in [0.3, 0.4) is 0 Å². The highest BCUT2D eigenvalue weighted by Crippen LogP contribution is 2.42. The molecular formula is C24H19ClF3N7O. The van der Waals surface area contributed by atoms with E-state index in [0.29, 0.717) is 34.0 Å². The summed E-state index contributed by atoms with van der Waals surface area (Å²) in [6, 6.07) is 6.07. The average Bonchev–Trinajstić information content (AvgIpc) is 3.35. The number of methoxy groups -OCH3 is 1. The number of nitrogens with zero attached hydrogens (tertiary/aromatic N) is 7. The van der Waals surface area contributed by atoms with Crippen molar-refractivity contribution in [3.05, 3.63) is 65.2 Å². The molecule has 1 aliphatic rings. The van der Waals surface area contributed by atoms with Crippen molar-refractivity contribution in [2.45, 2.75) is 31.9 Å². The van der Waals surface area contributed by atoms with Crippen LogP contribution in [0.5, 0.6) is 5.75 Å². The van der Waals surface area contributed by atoms with Gasteiger partial charge in [0.2, 0.25) is 0 Å². The second-order valence-corrected chi connectivity index (χ2v) is 8.82. The zero-order valence-electron chi connectivity index (χ0n) is 18.9. The molecule has 3 heterocycles. The van der Waals surface area contributed by atoms with E-state index < -0.39 is 12.4 Å². The van der Waals surface area contributed by atoms with Gasteiger partial charge in [-0.2, -0.15) is 28.9 Å². The first kappa shape index (κ1) is 23.8. The number of ether oxygens (including phenoxy) is 1. The molecule has 1 aliphatic carbocycles. The topological polar surface area (TPSA) is 94.4 Å². The van der Waals surface area contributed by atoms with E-state index in [2.05, 4.69) is 20.2 Å². The fraction of sp³-hybridized carbons (Fsp3) is 0.292. The smallest absolute Gasteiger partial charge is 0.335 e. The molecule has 1 atom stereocenters. The summed E-state index contributed by atoms with van der Waals surface area (Å²) in [5.41, 5.74) is 1.37. The predicted molar refractivity (Wildman–Crippen MR) is 124 cm³/mol. The molecule has 0 aliphatic heterocycles. The molecule has 4 aromatic rings. The first-order chi connectivity index (χ1) is 17.4. The summed E-state index contributed by atoms with van der Waals surface area (Å²) in [6.45, 7) is -2.84. The summed E-state index contributed by atoms with van der Waals surface area (Å²) in [5.74, 6) is 0.0411. The Labute approximate surface area is 208 Å². The van der Waals surface area contributed by atoms with Crippen molar-refractivity contribution in [1.29, 1.82) is 5.26 Å². The normalized spacial score (nSPS) is 14.1. The van der Waals surface area contributed by atoms with Gasteiger partial charge in [0.25, 0.3) is 0 Å². The minimum absolute atomic E-state index is 0.00257. The van der Waals surface area contributed by atoms with E-state index in [-0.39, 0.29) is 33.6 Å². The first-order valence-corrected chi connectivity index (χ1v) is 11.4. The van der Waals surface area contributed by atoms with Gasteiger partial charge in [-0.1, -0.05) is 24.4 Å². The minimum Gasteiger partial charge on any atom is -0.496 e. The van der Waals surface area contributed by atoms with Crippen molar-refractivity contribution in [2.75, 3.05) is 7.11 Å². The Hall–Kier alpha value is -3.91. The summed E-state index contributed by atoms with van der Waals surface area (Å²) in [5, 5.41) is 17.4. The Morgan fingerprint density at radius 1 is 1.22 bits per heavy atom. The lowest BCUT2D eigenvalue weighted by atomic mass is 9.98. The molecule has 0 bridgehead atoms. The van der Waals surface area contributed by atoms with Crippen molar-refractivity contribution in [3.8, 4) is 34.3 Å². The van der Waals surface area contributed by atoms with Crippen LogP contribution in [0.2, 0.25) is 5.02 Å². The van der Waals surface area contributed by atoms with Crippen LogP contribution in [0, 0.1) is 23.1 Å². The molecule has 3 aromatic heterocycles. The van der Waals surface area contributed by atoms with Gasteiger partial charge in [-0.15, -0.1) is 0 Å². The van der Waals surface area contributed by atoms with Crippen molar-refractivity contribution in [1.82, 2.24) is 29.5 Å². The Kier molecular flexibility index (Phi) is 6.36. The van der Waals surface area contributed by atoms with E-state index >= 15 is 0 Å². The Morgan fingerprint density at radius 3 is 2.72 bits per heavy atom. The predicted octanol–water partition coefficient (Wildman–Crippen LogP) is 5.66. The number of hydrogen-bond donors (Lipinski definition) is 0. The SMILES string of the molecule is COc1cc([C@H](CC2CC2)n2cc(-c3ncnn3C(F)F)cn2)ncc1-c1c(C#N)ccc(Cl)c1F. The summed E-state index contributed by atoms with van der Waals surface area (Å²) in [4.78, 5) is 8.51. The zero-order valence-corrected chi connectivity index (χ0v) is 19.7. The van der Waals surface area contributed by atoms with Crippen molar-refractivity contribution in [3.63, 3.8) is 0 Å². The fourth-order valence-corrected chi connectivity index (χ4v) is 4.31. The van der Waals surface area contributed by atoms with Gasteiger partial charge >= 0.3 is 6.55 Å². The molecular weight excluding hydrogens is 495 g/mol. The van der Waals surface area contributed by atoms with Crippen molar-refractivity contribution in [2.24, 2.45) is 5.92 Å². The van der Waals surface area contributed by atoms with Gasteiger partial charge < -0.3 is 4.74 Å². The summed E-state index contributed by atoms with van der Waals surface area (Å²) < 4.78 is 49.2. The third kappa shape index (κ3) is 4.40. The van der Waals surface area contributed by atoms with Gasteiger partial charge in [-0.3, -0.25) is 9.67 Å². The average molecular weight is 514 g/mol. The quantitative estimate of drug-likeness (QED) is 0.302. The minimum atomic E-state index is -2.84. The van der Waals surface area contributed by atoms with Gasteiger partial charge in [0.1, 0.15) is 12.1 Å². The van der Waals surface area contributed by atoms with Gasteiger partial charge in [0, 0.05) is 29.6 Å². The second-order valence-electron chi connectivity index (χ2n) is 8.41. The number of hydrogen-bond acceptors (Lipinski definition) is 6. The van der Waals surface area contributed by atoms with Crippen molar-refractivity contribution >= 4 is 11.6 Å². The van der Waals surface area contributed by atoms with Crippen LogP contribution >= 0.6 is 11.6 Å². The molecule has 0 saturated heterocycles. The summed E-state index contributed by atoms with van der Waals surface area (Å²) >= 11 is 5.97. The number of alkyl halides is 2. The Bertz CT molecular complexity index is 1460. The van der Waals surface area contributed by atoms with Gasteiger partial charge in [-0.05, 0) is 24.5 Å². The maximum atomic E-state index is 14.9. The lowest BCUT2D eigenvalue weighted by Crippen LogP contribution is -2.14. The molecule has 1 fully saturated rings. The molecule has 5 rings (SSSR count). The molecule has 1 aromatic carbocycles. The number of aromatic nitrogens is 6. The van der Waals surface area contributed by atoms with Crippen LogP contribution in [0.1, 0.15) is 43.1 Å². The summed E-state index contributed by atoms with van der Waals surface area (Å²) in [6.07, 6.45) is 8.44. The largest absolute Gasteiger partial charge is 0.496 e. The maximum Gasteiger partial charge on any atom is 0.335 e. The highest BCUT2D eigenvalue weighted by molar-refractivity contribution is 6.31. The maximum absolute atomic E-state index is 14.9. The lowest BCUT2D eigenvalue weighted by molar-refractivity contribution is 0.0582. The fourth-order valence-electron chi connectivity index (χ4n) is 4.16. The van der Waals surface area contributed by atoms with E-state index in [1.54, 1.807) is 16.9 Å². The highest BCUT2D eigenvalue weighted by Gasteiger charge is 2.30. The Balaban J connectivity index is 1.56. The van der Waals surface area contributed by atoms with E-state index in [0.717, 1.165) is 19.2 Å². The van der Waals surface area contributed by atoms with Crippen LogP contribution < -0.4 is 4.74 Å². The van der Waals surface area contributed by atoms with Crippen LogP contribution in [0.4, 0.5) is 13.2 Å². The molecule has 0 N–H and O–H groups in total. The third-order valence-electron chi connectivity index (χ3n) is 6.12. The molecule has 0 unspecified atom stereocenters.